The Balaban J connectivity index is 3.43. The van der Waals surface area contributed by atoms with Crippen molar-refractivity contribution < 1.29 is 0 Å². The summed E-state index contributed by atoms with van der Waals surface area (Å²) < 4.78 is 0. The van der Waals surface area contributed by atoms with Crippen LogP contribution in [0, 0.1) is 17.8 Å². The first-order valence-corrected chi connectivity index (χ1v) is 5.74. The maximum absolute atomic E-state index is 3.51. The van der Waals surface area contributed by atoms with Crippen molar-refractivity contribution in [2.45, 2.75) is 40.5 Å². The molecule has 0 aliphatic heterocycles. The molecule has 0 unspecified atom stereocenters. The van der Waals surface area contributed by atoms with Gasteiger partial charge < -0.3 is 0 Å². The predicted molar refractivity (Wildman–Crippen MR) is 56.2 cm³/mol. The molecule has 2 atom stereocenters. The van der Waals surface area contributed by atoms with Crippen LogP contribution in [-0.4, -0.2) is 5.33 Å². The maximum atomic E-state index is 3.51. The molecule has 0 aliphatic carbocycles. The molecule has 0 aromatic rings. The average molecular weight is 221 g/mol. The molecule has 1 heteroatoms. The smallest absolute Gasteiger partial charge is 0.00571 e. The normalized spacial score (nSPS) is 16.9. The Morgan fingerprint density at radius 1 is 0.909 bits per heavy atom. The Hall–Kier alpha value is 0.480. The molecule has 0 aromatic carbocycles. The number of hydrogen-bond acceptors (Lipinski definition) is 0. The van der Waals surface area contributed by atoms with Gasteiger partial charge in [-0.05, 0) is 30.6 Å². The third-order valence-electron chi connectivity index (χ3n) is 1.94. The first kappa shape index (κ1) is 11.5. The van der Waals surface area contributed by atoms with Crippen LogP contribution < -0.4 is 0 Å². The van der Waals surface area contributed by atoms with Crippen LogP contribution in [0.3, 0.4) is 0 Å². The lowest BCUT2D eigenvalue weighted by Crippen LogP contribution is -2.06. The van der Waals surface area contributed by atoms with Crippen LogP contribution >= 0.6 is 15.9 Å². The molecule has 0 saturated heterocycles. The molecule has 0 nitrogen and oxygen atoms in total. The van der Waals surface area contributed by atoms with E-state index in [0.717, 1.165) is 23.1 Å². The summed E-state index contributed by atoms with van der Waals surface area (Å²) in [6.07, 6.45) is 2.74. The highest BCUT2D eigenvalue weighted by Gasteiger charge is 2.08. The quantitative estimate of drug-likeness (QED) is 0.613. The minimum absolute atomic E-state index is 0.837. The highest BCUT2D eigenvalue weighted by atomic mass is 79.9. The van der Waals surface area contributed by atoms with Crippen molar-refractivity contribution in [2.24, 2.45) is 17.8 Å². The van der Waals surface area contributed by atoms with E-state index in [1.54, 1.807) is 0 Å². The Labute approximate surface area is 79.9 Å². The molecule has 11 heavy (non-hydrogen) atoms. The number of rotatable bonds is 5. The molecule has 0 bridgehead atoms. The maximum Gasteiger partial charge on any atom is 0.00571 e. The van der Waals surface area contributed by atoms with Crippen molar-refractivity contribution in [3.63, 3.8) is 0 Å². The van der Waals surface area contributed by atoms with Crippen molar-refractivity contribution in [1.29, 1.82) is 0 Å². The Morgan fingerprint density at radius 2 is 1.45 bits per heavy atom. The van der Waals surface area contributed by atoms with Crippen LogP contribution in [0.2, 0.25) is 0 Å². The fraction of sp³-hybridized carbons (Fsp3) is 1.00. The molecule has 0 spiro atoms. The van der Waals surface area contributed by atoms with Crippen LogP contribution in [0.25, 0.3) is 0 Å². The van der Waals surface area contributed by atoms with Gasteiger partial charge in [-0.1, -0.05) is 43.6 Å². The molecule has 0 radical (unpaired) electrons. The SMILES string of the molecule is CC(C)C[C@@H](C)C[C@@H](C)CBr. The van der Waals surface area contributed by atoms with Crippen LogP contribution in [0.1, 0.15) is 40.5 Å². The van der Waals surface area contributed by atoms with Crippen molar-refractivity contribution >= 4 is 15.9 Å². The van der Waals surface area contributed by atoms with Crippen molar-refractivity contribution in [2.75, 3.05) is 5.33 Å². The Kier molecular flexibility index (Phi) is 6.31. The first-order valence-electron chi connectivity index (χ1n) is 4.62. The lowest BCUT2D eigenvalue weighted by Gasteiger charge is -2.16. The van der Waals surface area contributed by atoms with Gasteiger partial charge in [0.05, 0.1) is 0 Å². The molecule has 0 saturated carbocycles. The predicted octanol–water partition coefficient (Wildman–Crippen LogP) is 4.09. The third-order valence-corrected chi connectivity index (χ3v) is 3.05. The van der Waals surface area contributed by atoms with Gasteiger partial charge in [-0.3, -0.25) is 0 Å². The van der Waals surface area contributed by atoms with E-state index >= 15 is 0 Å². The van der Waals surface area contributed by atoms with Gasteiger partial charge in [-0.25, -0.2) is 0 Å². The monoisotopic (exact) mass is 220 g/mol. The molecule has 0 aliphatic rings. The van der Waals surface area contributed by atoms with E-state index in [2.05, 4.69) is 43.6 Å². The summed E-state index contributed by atoms with van der Waals surface area (Å²) in [7, 11) is 0. The minimum Gasteiger partial charge on any atom is -0.0925 e. The van der Waals surface area contributed by atoms with E-state index in [9.17, 15) is 0 Å². The summed E-state index contributed by atoms with van der Waals surface area (Å²) >= 11 is 3.51. The molecule has 0 amide bonds. The largest absolute Gasteiger partial charge is 0.0925 e. The standard InChI is InChI=1S/C10H21Br/c1-8(2)5-9(3)6-10(4)7-11/h8-10H,5-7H2,1-4H3/t9-,10-/m1/s1. The summed E-state index contributed by atoms with van der Waals surface area (Å²) in [5, 5.41) is 1.15. The summed E-state index contributed by atoms with van der Waals surface area (Å²) in [4.78, 5) is 0. The summed E-state index contributed by atoms with van der Waals surface area (Å²) in [5.41, 5.74) is 0. The zero-order valence-electron chi connectivity index (χ0n) is 8.23. The van der Waals surface area contributed by atoms with Gasteiger partial charge in [0, 0.05) is 5.33 Å². The highest BCUT2D eigenvalue weighted by molar-refractivity contribution is 9.09. The molecule has 0 aromatic heterocycles. The second-order valence-electron chi connectivity index (χ2n) is 4.23. The molecule has 0 fully saturated rings. The zero-order chi connectivity index (χ0) is 8.85. The van der Waals surface area contributed by atoms with Crippen LogP contribution in [0.4, 0.5) is 0 Å². The van der Waals surface area contributed by atoms with Gasteiger partial charge in [0.15, 0.2) is 0 Å². The number of halogens is 1. The van der Waals surface area contributed by atoms with Gasteiger partial charge in [-0.2, -0.15) is 0 Å². The molecule has 0 N–H and O–H groups in total. The summed E-state index contributed by atoms with van der Waals surface area (Å²) in [6.45, 7) is 9.27. The van der Waals surface area contributed by atoms with Crippen LogP contribution in [0.15, 0.2) is 0 Å². The van der Waals surface area contributed by atoms with Crippen molar-refractivity contribution in [3.05, 3.63) is 0 Å². The Morgan fingerprint density at radius 3 is 1.82 bits per heavy atom. The van der Waals surface area contributed by atoms with E-state index in [-0.39, 0.29) is 0 Å². The molecule has 0 rings (SSSR count). The highest BCUT2D eigenvalue weighted by Crippen LogP contribution is 2.20. The Bertz CT molecular complexity index is 88.9. The first-order chi connectivity index (χ1) is 5.06. The van der Waals surface area contributed by atoms with E-state index in [4.69, 9.17) is 0 Å². The van der Waals surface area contributed by atoms with Crippen molar-refractivity contribution in [3.8, 4) is 0 Å². The molecular weight excluding hydrogens is 200 g/mol. The van der Waals surface area contributed by atoms with Crippen LogP contribution in [0.5, 0.6) is 0 Å². The van der Waals surface area contributed by atoms with Gasteiger partial charge >= 0.3 is 0 Å². The molecule has 0 heterocycles. The van der Waals surface area contributed by atoms with Crippen LogP contribution in [-0.2, 0) is 0 Å². The topological polar surface area (TPSA) is 0 Å². The second kappa shape index (κ2) is 6.05. The van der Waals surface area contributed by atoms with E-state index in [1.165, 1.54) is 12.8 Å². The third kappa shape index (κ3) is 6.86. The summed E-state index contributed by atoms with van der Waals surface area (Å²) in [6, 6.07) is 0. The summed E-state index contributed by atoms with van der Waals surface area (Å²) in [5.74, 6) is 2.58. The van der Waals surface area contributed by atoms with Gasteiger partial charge in [0.2, 0.25) is 0 Å². The minimum atomic E-state index is 0.837. The van der Waals surface area contributed by atoms with Crippen molar-refractivity contribution in [1.82, 2.24) is 0 Å². The van der Waals surface area contributed by atoms with Gasteiger partial charge in [-0.15, -0.1) is 0 Å². The average Bonchev–Trinajstić information content (AvgIpc) is 1.85. The molecule has 68 valence electrons. The molecular formula is C10H21Br. The fourth-order valence-electron chi connectivity index (χ4n) is 1.65. The van der Waals surface area contributed by atoms with Gasteiger partial charge in [0.25, 0.3) is 0 Å². The number of hydrogen-bond donors (Lipinski definition) is 0. The fourth-order valence-corrected chi connectivity index (χ4v) is 1.92. The van der Waals surface area contributed by atoms with E-state index < -0.39 is 0 Å². The lowest BCUT2D eigenvalue weighted by molar-refractivity contribution is 0.371. The lowest BCUT2D eigenvalue weighted by atomic mass is 9.91. The van der Waals surface area contributed by atoms with Gasteiger partial charge in [0.1, 0.15) is 0 Å². The van der Waals surface area contributed by atoms with E-state index in [1.807, 2.05) is 0 Å². The second-order valence-corrected chi connectivity index (χ2v) is 4.88. The van der Waals surface area contributed by atoms with E-state index in [0.29, 0.717) is 0 Å². The number of alkyl halides is 1. The zero-order valence-corrected chi connectivity index (χ0v) is 9.82.